The Morgan fingerprint density at radius 1 is 1.33 bits per heavy atom. The molecule has 3 aromatic rings. The molecule has 0 saturated carbocycles. The van der Waals surface area contributed by atoms with Gasteiger partial charge in [0.25, 0.3) is 0 Å². The summed E-state index contributed by atoms with van der Waals surface area (Å²) in [5.74, 6) is -1.74. The van der Waals surface area contributed by atoms with Gasteiger partial charge in [-0.2, -0.15) is 0 Å². The Morgan fingerprint density at radius 3 is 2.67 bits per heavy atom. The lowest BCUT2D eigenvalue weighted by Crippen LogP contribution is -1.97. The Bertz CT molecular complexity index is 942. The van der Waals surface area contributed by atoms with Crippen LogP contribution >= 0.6 is 0 Å². The summed E-state index contributed by atoms with van der Waals surface area (Å²) < 4.78 is 28.1. The van der Waals surface area contributed by atoms with Crippen LogP contribution < -0.4 is 0 Å². The summed E-state index contributed by atoms with van der Waals surface area (Å²) in [4.78, 5) is 15.2. The number of hydrogen-bond donors (Lipinski definition) is 2. The quantitative estimate of drug-likeness (QED) is 0.702. The number of aromatic hydroxyl groups is 1. The number of hydrogen-bond acceptors (Lipinski definition) is 4. The molecule has 0 radical (unpaired) electrons. The first kappa shape index (κ1) is 15.8. The lowest BCUT2D eigenvalue weighted by atomic mass is 10.1. The van der Waals surface area contributed by atoms with Crippen LogP contribution in [0.1, 0.15) is 13.3 Å². The first-order chi connectivity index (χ1) is 11.5. The number of nitrogens with zero attached hydrogens (tertiary/aromatic N) is 3. The topological polar surface area (TPSA) is 74.2 Å². The SMILES string of the molecule is C=CC(CC)=Nc1nc(-c2c(F)cccc2F)nc2c[nH]c(O)c12. The fourth-order valence-electron chi connectivity index (χ4n) is 2.32. The number of aromatic amines is 1. The average molecular weight is 328 g/mol. The third kappa shape index (κ3) is 2.64. The Labute approximate surface area is 136 Å². The number of rotatable bonds is 4. The first-order valence-corrected chi connectivity index (χ1v) is 7.27. The molecular weight excluding hydrogens is 314 g/mol. The molecule has 0 unspecified atom stereocenters. The van der Waals surface area contributed by atoms with Crippen molar-refractivity contribution in [3.05, 3.63) is 48.7 Å². The minimum Gasteiger partial charge on any atom is -0.494 e. The molecule has 0 aliphatic heterocycles. The van der Waals surface area contributed by atoms with Crippen LogP contribution in [0.3, 0.4) is 0 Å². The van der Waals surface area contributed by atoms with Crippen LogP contribution in [0.5, 0.6) is 5.88 Å². The van der Waals surface area contributed by atoms with Gasteiger partial charge in [-0.25, -0.2) is 23.7 Å². The molecule has 0 atom stereocenters. The molecule has 0 spiro atoms. The van der Waals surface area contributed by atoms with Crippen molar-refractivity contribution < 1.29 is 13.9 Å². The Balaban J connectivity index is 2.33. The standard InChI is InChI=1S/C17H14F2N4O/c1-3-9(4-2)21-16-14-12(8-20-17(14)24)22-15(23-16)13-10(18)6-5-7-11(13)19/h3,5-8,20,24H,1,4H2,2H3. The van der Waals surface area contributed by atoms with E-state index in [1.54, 1.807) is 6.08 Å². The van der Waals surface area contributed by atoms with Crippen molar-refractivity contribution in [2.45, 2.75) is 13.3 Å². The van der Waals surface area contributed by atoms with Crippen molar-refractivity contribution in [3.8, 4) is 17.3 Å². The van der Waals surface area contributed by atoms with Gasteiger partial charge in [0.15, 0.2) is 11.6 Å². The van der Waals surface area contributed by atoms with E-state index >= 15 is 0 Å². The van der Waals surface area contributed by atoms with Gasteiger partial charge in [-0.05, 0) is 24.6 Å². The van der Waals surface area contributed by atoms with E-state index < -0.39 is 11.6 Å². The van der Waals surface area contributed by atoms with Crippen molar-refractivity contribution in [1.29, 1.82) is 0 Å². The van der Waals surface area contributed by atoms with Crippen molar-refractivity contribution in [1.82, 2.24) is 15.0 Å². The summed E-state index contributed by atoms with van der Waals surface area (Å²) in [5.41, 5.74) is 0.585. The van der Waals surface area contributed by atoms with E-state index in [-0.39, 0.29) is 28.5 Å². The zero-order valence-electron chi connectivity index (χ0n) is 12.8. The maximum atomic E-state index is 14.0. The van der Waals surface area contributed by atoms with Crippen LogP contribution in [0, 0.1) is 11.6 Å². The number of H-pyrrole nitrogens is 1. The van der Waals surface area contributed by atoms with E-state index in [1.807, 2.05) is 6.92 Å². The fourth-order valence-corrected chi connectivity index (χ4v) is 2.32. The van der Waals surface area contributed by atoms with Crippen molar-refractivity contribution >= 4 is 22.4 Å². The molecule has 2 heterocycles. The highest BCUT2D eigenvalue weighted by molar-refractivity contribution is 6.00. The molecule has 2 N–H and O–H groups in total. The minimum atomic E-state index is -0.775. The van der Waals surface area contributed by atoms with E-state index in [0.29, 0.717) is 17.6 Å². The van der Waals surface area contributed by atoms with Gasteiger partial charge in [-0.1, -0.05) is 19.6 Å². The summed E-state index contributed by atoms with van der Waals surface area (Å²) in [5, 5.41) is 10.2. The second kappa shape index (κ2) is 6.19. The third-order valence-electron chi connectivity index (χ3n) is 3.53. The number of fused-ring (bicyclic) bond motifs is 1. The summed E-state index contributed by atoms with van der Waals surface area (Å²) in [6.07, 6.45) is 3.57. The highest BCUT2D eigenvalue weighted by Crippen LogP contribution is 2.34. The maximum Gasteiger partial charge on any atom is 0.201 e. The van der Waals surface area contributed by atoms with Gasteiger partial charge in [0.2, 0.25) is 5.88 Å². The molecule has 3 rings (SSSR count). The number of allylic oxidation sites excluding steroid dienone is 1. The summed E-state index contributed by atoms with van der Waals surface area (Å²) in [6.45, 7) is 5.54. The molecule has 5 nitrogen and oxygen atoms in total. The van der Waals surface area contributed by atoms with Gasteiger partial charge >= 0.3 is 0 Å². The lowest BCUT2D eigenvalue weighted by molar-refractivity contribution is 0.462. The summed E-state index contributed by atoms with van der Waals surface area (Å²) in [6, 6.07) is 3.52. The van der Waals surface area contributed by atoms with Crippen LogP contribution in [-0.4, -0.2) is 25.8 Å². The number of halogens is 2. The Morgan fingerprint density at radius 2 is 2.04 bits per heavy atom. The largest absolute Gasteiger partial charge is 0.494 e. The highest BCUT2D eigenvalue weighted by Gasteiger charge is 2.19. The summed E-state index contributed by atoms with van der Waals surface area (Å²) in [7, 11) is 0. The smallest absolute Gasteiger partial charge is 0.201 e. The predicted octanol–water partition coefficient (Wildman–Crippen LogP) is 4.28. The molecule has 1 aromatic carbocycles. The zero-order valence-corrected chi connectivity index (χ0v) is 12.8. The van der Waals surface area contributed by atoms with Crippen LogP contribution in [0.2, 0.25) is 0 Å². The monoisotopic (exact) mass is 328 g/mol. The maximum absolute atomic E-state index is 14.0. The van der Waals surface area contributed by atoms with E-state index in [4.69, 9.17) is 0 Å². The van der Waals surface area contributed by atoms with Crippen molar-refractivity contribution in [2.75, 3.05) is 0 Å². The molecule has 122 valence electrons. The molecule has 2 aromatic heterocycles. The molecule has 0 fully saturated rings. The van der Waals surface area contributed by atoms with E-state index in [9.17, 15) is 13.9 Å². The third-order valence-corrected chi connectivity index (χ3v) is 3.53. The van der Waals surface area contributed by atoms with Crippen LogP contribution in [0.25, 0.3) is 22.3 Å². The number of nitrogens with one attached hydrogen (secondary N) is 1. The number of aliphatic imine (C=N–C) groups is 1. The van der Waals surface area contributed by atoms with E-state index in [1.165, 1.54) is 12.3 Å². The van der Waals surface area contributed by atoms with Gasteiger partial charge in [-0.15, -0.1) is 0 Å². The molecule has 0 bridgehead atoms. The fraction of sp³-hybridized carbons (Fsp3) is 0.118. The lowest BCUT2D eigenvalue weighted by Gasteiger charge is -2.06. The summed E-state index contributed by atoms with van der Waals surface area (Å²) >= 11 is 0. The Kier molecular flexibility index (Phi) is 4.07. The predicted molar refractivity (Wildman–Crippen MR) is 88.5 cm³/mol. The molecule has 0 aliphatic rings. The van der Waals surface area contributed by atoms with Crippen LogP contribution in [-0.2, 0) is 0 Å². The molecule has 7 heteroatoms. The van der Waals surface area contributed by atoms with Gasteiger partial charge in [-0.3, -0.25) is 0 Å². The van der Waals surface area contributed by atoms with Crippen LogP contribution in [0.4, 0.5) is 14.6 Å². The normalized spacial score (nSPS) is 11.9. The minimum absolute atomic E-state index is 0.119. The zero-order chi connectivity index (χ0) is 17.3. The van der Waals surface area contributed by atoms with Gasteiger partial charge in [0.05, 0.1) is 11.1 Å². The van der Waals surface area contributed by atoms with Crippen LogP contribution in [0.15, 0.2) is 42.0 Å². The second-order valence-corrected chi connectivity index (χ2v) is 5.03. The van der Waals surface area contributed by atoms with Crippen molar-refractivity contribution in [3.63, 3.8) is 0 Å². The van der Waals surface area contributed by atoms with Gasteiger partial charge in [0, 0.05) is 11.9 Å². The molecule has 0 aliphatic carbocycles. The second-order valence-electron chi connectivity index (χ2n) is 5.03. The van der Waals surface area contributed by atoms with Gasteiger partial charge < -0.3 is 10.1 Å². The highest BCUT2D eigenvalue weighted by atomic mass is 19.1. The average Bonchev–Trinajstić information content (AvgIpc) is 2.94. The van der Waals surface area contributed by atoms with Crippen molar-refractivity contribution in [2.24, 2.45) is 4.99 Å². The van der Waals surface area contributed by atoms with E-state index in [2.05, 4.69) is 26.5 Å². The van der Waals surface area contributed by atoms with E-state index in [0.717, 1.165) is 12.1 Å². The number of benzene rings is 1. The number of aromatic nitrogens is 3. The molecule has 24 heavy (non-hydrogen) atoms. The molecule has 0 saturated heterocycles. The first-order valence-electron chi connectivity index (χ1n) is 7.27. The van der Waals surface area contributed by atoms with Gasteiger partial charge in [0.1, 0.15) is 17.0 Å². The Hall–Kier alpha value is -3.09. The molecule has 0 amide bonds. The molecular formula is C17H14F2N4O.